The Morgan fingerprint density at radius 1 is 1.20 bits per heavy atom. The van der Waals surface area contributed by atoms with Gasteiger partial charge in [0.2, 0.25) is 0 Å². The van der Waals surface area contributed by atoms with Crippen LogP contribution in [0.2, 0.25) is 0 Å². The Labute approximate surface area is 94.0 Å². The predicted octanol–water partition coefficient (Wildman–Crippen LogP) is 4.53. The normalized spacial score (nSPS) is 11.4. The van der Waals surface area contributed by atoms with E-state index in [2.05, 4.69) is 57.7 Å². The molecule has 1 aromatic rings. The van der Waals surface area contributed by atoms with Gasteiger partial charge in [-0.05, 0) is 37.2 Å². The maximum absolute atomic E-state index is 3.87. The van der Waals surface area contributed by atoms with E-state index < -0.39 is 0 Å². The zero-order chi connectivity index (χ0) is 11.3. The summed E-state index contributed by atoms with van der Waals surface area (Å²) in [6.45, 7) is 10.5. The minimum absolute atomic E-state index is 0.282. The van der Waals surface area contributed by atoms with Gasteiger partial charge in [0.1, 0.15) is 0 Å². The van der Waals surface area contributed by atoms with E-state index in [-0.39, 0.29) is 5.41 Å². The molecule has 1 rings (SSSR count). The van der Waals surface area contributed by atoms with E-state index in [1.54, 1.807) is 0 Å². The van der Waals surface area contributed by atoms with Crippen LogP contribution in [0.4, 0.5) is 0 Å². The lowest BCUT2D eigenvalue weighted by Gasteiger charge is -2.19. The van der Waals surface area contributed by atoms with Crippen LogP contribution in [0.15, 0.2) is 36.9 Å². The number of hydrogen-bond donors (Lipinski definition) is 0. The van der Waals surface area contributed by atoms with Crippen molar-refractivity contribution in [3.8, 4) is 0 Å². The van der Waals surface area contributed by atoms with E-state index in [1.807, 2.05) is 0 Å². The summed E-state index contributed by atoms with van der Waals surface area (Å²) in [4.78, 5) is 0. The summed E-state index contributed by atoms with van der Waals surface area (Å²) in [5.74, 6) is 0. The van der Waals surface area contributed by atoms with Crippen LogP contribution in [0.3, 0.4) is 0 Å². The van der Waals surface area contributed by atoms with Gasteiger partial charge < -0.3 is 0 Å². The standard InChI is InChI=1S/C15H22/c1-5-15(3,4)12-6-7-14-10-8-13(2)9-11-14/h5,8-11H,1,6-7,12H2,2-4H3. The van der Waals surface area contributed by atoms with E-state index in [9.17, 15) is 0 Å². The SMILES string of the molecule is C=CC(C)(C)CCCc1ccc(C)cc1. The molecule has 1 aromatic carbocycles. The van der Waals surface area contributed by atoms with Crippen molar-refractivity contribution in [1.29, 1.82) is 0 Å². The van der Waals surface area contributed by atoms with Gasteiger partial charge in [0.15, 0.2) is 0 Å². The lowest BCUT2D eigenvalue weighted by Crippen LogP contribution is -2.06. The molecule has 0 spiro atoms. The molecule has 0 nitrogen and oxygen atoms in total. The van der Waals surface area contributed by atoms with Crippen molar-refractivity contribution in [1.82, 2.24) is 0 Å². The largest absolute Gasteiger partial charge is 0.103 e. The minimum Gasteiger partial charge on any atom is -0.103 e. The van der Waals surface area contributed by atoms with Crippen LogP contribution < -0.4 is 0 Å². The average Bonchev–Trinajstić information content (AvgIpc) is 2.21. The van der Waals surface area contributed by atoms with Crippen molar-refractivity contribution in [3.05, 3.63) is 48.0 Å². The third-order valence-corrected chi connectivity index (χ3v) is 2.96. The minimum atomic E-state index is 0.282. The lowest BCUT2D eigenvalue weighted by atomic mass is 9.87. The molecule has 0 saturated carbocycles. The molecule has 0 aliphatic carbocycles. The number of benzene rings is 1. The highest BCUT2D eigenvalue weighted by molar-refractivity contribution is 5.21. The summed E-state index contributed by atoms with van der Waals surface area (Å²) in [6.07, 6.45) is 5.69. The van der Waals surface area contributed by atoms with Crippen LogP contribution in [0.5, 0.6) is 0 Å². The van der Waals surface area contributed by atoms with E-state index in [0.717, 1.165) is 0 Å². The Balaban J connectivity index is 2.38. The van der Waals surface area contributed by atoms with Gasteiger partial charge in [0.25, 0.3) is 0 Å². The molecule has 0 aliphatic rings. The smallest absolute Gasteiger partial charge is 0.0177 e. The van der Waals surface area contributed by atoms with Gasteiger partial charge in [-0.15, -0.1) is 6.58 Å². The second-order valence-electron chi connectivity index (χ2n) is 5.03. The van der Waals surface area contributed by atoms with Crippen molar-refractivity contribution < 1.29 is 0 Å². The molecular weight excluding hydrogens is 180 g/mol. The maximum atomic E-state index is 3.87. The number of allylic oxidation sites excluding steroid dienone is 1. The third kappa shape index (κ3) is 4.33. The van der Waals surface area contributed by atoms with E-state index in [1.165, 1.54) is 30.4 Å². The predicted molar refractivity (Wildman–Crippen MR) is 68.1 cm³/mol. The van der Waals surface area contributed by atoms with E-state index >= 15 is 0 Å². The number of rotatable bonds is 5. The Morgan fingerprint density at radius 2 is 1.80 bits per heavy atom. The topological polar surface area (TPSA) is 0 Å². The number of hydrogen-bond acceptors (Lipinski definition) is 0. The first kappa shape index (κ1) is 12.0. The number of aryl methyl sites for hydroxylation is 2. The molecule has 0 N–H and O–H groups in total. The van der Waals surface area contributed by atoms with Gasteiger partial charge >= 0.3 is 0 Å². The van der Waals surface area contributed by atoms with Crippen LogP contribution in [0.1, 0.15) is 37.8 Å². The Kier molecular flexibility index (Phi) is 4.14. The van der Waals surface area contributed by atoms with E-state index in [4.69, 9.17) is 0 Å². The fraction of sp³-hybridized carbons (Fsp3) is 0.467. The Hall–Kier alpha value is -1.04. The first-order chi connectivity index (χ1) is 7.03. The molecule has 0 saturated heterocycles. The Bertz CT molecular complexity index is 303. The molecule has 0 heteroatoms. The molecule has 0 aromatic heterocycles. The van der Waals surface area contributed by atoms with Gasteiger partial charge in [0.05, 0.1) is 0 Å². The first-order valence-electron chi connectivity index (χ1n) is 5.73. The highest BCUT2D eigenvalue weighted by atomic mass is 14.2. The van der Waals surface area contributed by atoms with Gasteiger partial charge in [-0.2, -0.15) is 0 Å². The van der Waals surface area contributed by atoms with Crippen LogP contribution in [0, 0.1) is 12.3 Å². The van der Waals surface area contributed by atoms with Crippen molar-refractivity contribution in [2.45, 2.75) is 40.0 Å². The first-order valence-corrected chi connectivity index (χ1v) is 5.73. The van der Waals surface area contributed by atoms with Crippen LogP contribution in [-0.4, -0.2) is 0 Å². The summed E-state index contributed by atoms with van der Waals surface area (Å²) in [6, 6.07) is 8.84. The zero-order valence-corrected chi connectivity index (χ0v) is 10.2. The second kappa shape index (κ2) is 5.16. The molecule has 0 amide bonds. The molecule has 15 heavy (non-hydrogen) atoms. The Morgan fingerprint density at radius 3 is 2.33 bits per heavy atom. The summed E-state index contributed by atoms with van der Waals surface area (Å²) >= 11 is 0. The van der Waals surface area contributed by atoms with Gasteiger partial charge in [-0.1, -0.05) is 49.8 Å². The van der Waals surface area contributed by atoms with Gasteiger partial charge in [0, 0.05) is 0 Å². The van der Waals surface area contributed by atoms with Crippen molar-refractivity contribution in [2.75, 3.05) is 0 Å². The molecule has 0 aliphatic heterocycles. The molecule has 0 atom stereocenters. The molecular formula is C15H22. The summed E-state index contributed by atoms with van der Waals surface area (Å²) < 4.78 is 0. The van der Waals surface area contributed by atoms with Gasteiger partial charge in [-0.3, -0.25) is 0 Å². The summed E-state index contributed by atoms with van der Waals surface area (Å²) in [5, 5.41) is 0. The molecule has 0 fully saturated rings. The quantitative estimate of drug-likeness (QED) is 0.615. The zero-order valence-electron chi connectivity index (χ0n) is 10.2. The molecule has 0 bridgehead atoms. The fourth-order valence-corrected chi connectivity index (χ4v) is 1.60. The van der Waals surface area contributed by atoms with Crippen molar-refractivity contribution in [3.63, 3.8) is 0 Å². The fourth-order valence-electron chi connectivity index (χ4n) is 1.60. The van der Waals surface area contributed by atoms with Crippen molar-refractivity contribution in [2.24, 2.45) is 5.41 Å². The molecule has 0 unspecified atom stereocenters. The second-order valence-corrected chi connectivity index (χ2v) is 5.03. The van der Waals surface area contributed by atoms with Crippen molar-refractivity contribution >= 4 is 0 Å². The molecule has 0 heterocycles. The molecule has 82 valence electrons. The summed E-state index contributed by atoms with van der Waals surface area (Å²) in [5.41, 5.74) is 3.07. The van der Waals surface area contributed by atoms with Crippen LogP contribution in [0.25, 0.3) is 0 Å². The summed E-state index contributed by atoms with van der Waals surface area (Å²) in [7, 11) is 0. The van der Waals surface area contributed by atoms with Crippen LogP contribution >= 0.6 is 0 Å². The molecule has 0 radical (unpaired) electrons. The maximum Gasteiger partial charge on any atom is -0.0177 e. The third-order valence-electron chi connectivity index (χ3n) is 2.96. The van der Waals surface area contributed by atoms with Crippen LogP contribution in [-0.2, 0) is 6.42 Å². The lowest BCUT2D eigenvalue weighted by molar-refractivity contribution is 0.423. The average molecular weight is 202 g/mol. The highest BCUT2D eigenvalue weighted by Gasteiger charge is 2.11. The highest BCUT2D eigenvalue weighted by Crippen LogP contribution is 2.24. The monoisotopic (exact) mass is 202 g/mol. The van der Waals surface area contributed by atoms with E-state index in [0.29, 0.717) is 0 Å². The van der Waals surface area contributed by atoms with Gasteiger partial charge in [-0.25, -0.2) is 0 Å².